The van der Waals surface area contributed by atoms with E-state index in [1.807, 2.05) is 0 Å². The van der Waals surface area contributed by atoms with Gasteiger partial charge in [0.1, 0.15) is 0 Å². The van der Waals surface area contributed by atoms with Gasteiger partial charge in [0.05, 0.1) is 23.0 Å². The summed E-state index contributed by atoms with van der Waals surface area (Å²) in [4.78, 5) is 9.84. The summed E-state index contributed by atoms with van der Waals surface area (Å²) in [5, 5.41) is 10.7. The van der Waals surface area contributed by atoms with Crippen LogP contribution in [0.2, 0.25) is 0 Å². The first-order valence-electron chi connectivity index (χ1n) is 6.91. The molecule has 0 spiro atoms. The number of sulfone groups is 1. The molecule has 0 heterocycles. The van der Waals surface area contributed by atoms with E-state index in [-0.39, 0.29) is 23.8 Å². The van der Waals surface area contributed by atoms with Gasteiger partial charge in [0.2, 0.25) is 0 Å². The lowest BCUT2D eigenvalue weighted by atomic mass is 10.3. The maximum Gasteiger partial charge on any atom is 0.351 e. The number of nitro groups is 1. The summed E-state index contributed by atoms with van der Waals surface area (Å²) in [5.41, 5.74) is -0.237. The molecule has 130 valence electrons. The molecule has 0 aliphatic heterocycles. The van der Waals surface area contributed by atoms with Gasteiger partial charge in [-0.05, 0) is 39.8 Å². The van der Waals surface area contributed by atoms with Crippen molar-refractivity contribution in [3.63, 3.8) is 0 Å². The molecule has 0 saturated heterocycles. The number of nitro benzene ring substituents is 1. The number of rotatable bonds is 8. The minimum atomic E-state index is -4.12. The highest BCUT2D eigenvalue weighted by Gasteiger charge is 2.53. The second-order valence-corrected chi connectivity index (χ2v) is 10.5. The molecule has 0 fully saturated rings. The summed E-state index contributed by atoms with van der Waals surface area (Å²) in [7, 11) is -8.08. The molecule has 1 aromatic rings. The van der Waals surface area contributed by atoms with Crippen molar-refractivity contribution in [3.8, 4) is 0 Å². The summed E-state index contributed by atoms with van der Waals surface area (Å²) in [6.07, 6.45) is 0. The Labute approximate surface area is 135 Å². The van der Waals surface area contributed by atoms with Crippen molar-refractivity contribution in [1.82, 2.24) is 0 Å². The van der Waals surface area contributed by atoms with Gasteiger partial charge in [-0.1, -0.05) is 0 Å². The van der Waals surface area contributed by atoms with E-state index in [1.54, 1.807) is 13.8 Å². The number of nitrogens with zero attached hydrogens (tertiary/aromatic N) is 1. The fraction of sp³-hybridized carbons (Fsp3) is 0.538. The third kappa shape index (κ3) is 3.63. The van der Waals surface area contributed by atoms with E-state index in [9.17, 15) is 23.1 Å². The van der Waals surface area contributed by atoms with Gasteiger partial charge in [-0.3, -0.25) is 14.7 Å². The lowest BCUT2D eigenvalue weighted by Crippen LogP contribution is -2.33. The van der Waals surface area contributed by atoms with Gasteiger partial charge in [-0.2, -0.15) is 0 Å². The van der Waals surface area contributed by atoms with E-state index in [2.05, 4.69) is 0 Å². The summed E-state index contributed by atoms with van der Waals surface area (Å²) in [5.74, 6) is 0. The minimum Gasteiger partial charge on any atom is -0.308 e. The number of hydrogen-bond acceptors (Lipinski definition) is 7. The van der Waals surface area contributed by atoms with Crippen LogP contribution >= 0.6 is 7.60 Å². The van der Waals surface area contributed by atoms with Crippen LogP contribution in [-0.4, -0.2) is 31.0 Å². The third-order valence-electron chi connectivity index (χ3n) is 3.27. The van der Waals surface area contributed by atoms with Crippen LogP contribution in [0.5, 0.6) is 0 Å². The Bertz CT molecular complexity index is 702. The van der Waals surface area contributed by atoms with Crippen LogP contribution < -0.4 is 0 Å². The highest BCUT2D eigenvalue weighted by Crippen LogP contribution is 2.63. The minimum absolute atomic E-state index is 0.0243. The second kappa shape index (κ2) is 7.09. The summed E-state index contributed by atoms with van der Waals surface area (Å²) in [6, 6.07) is 4.37. The van der Waals surface area contributed by atoms with Crippen molar-refractivity contribution in [1.29, 1.82) is 0 Å². The van der Waals surface area contributed by atoms with Gasteiger partial charge in [0.25, 0.3) is 5.69 Å². The number of hydrogen-bond donors (Lipinski definition) is 0. The van der Waals surface area contributed by atoms with Crippen molar-refractivity contribution < 1.29 is 27.0 Å². The molecule has 8 nitrogen and oxygen atoms in total. The Morgan fingerprint density at radius 3 is 1.91 bits per heavy atom. The number of benzene rings is 1. The Morgan fingerprint density at radius 1 is 1.13 bits per heavy atom. The molecule has 0 unspecified atom stereocenters. The van der Waals surface area contributed by atoms with Crippen molar-refractivity contribution in [2.45, 2.75) is 37.1 Å². The first-order valence-corrected chi connectivity index (χ1v) is 9.94. The van der Waals surface area contributed by atoms with Gasteiger partial charge < -0.3 is 9.05 Å². The molecular formula is C13H20NO7PS. The fourth-order valence-corrected chi connectivity index (χ4v) is 6.13. The molecule has 23 heavy (non-hydrogen) atoms. The molecule has 0 bridgehead atoms. The molecule has 0 radical (unpaired) electrons. The second-order valence-electron chi connectivity index (χ2n) is 5.03. The average Bonchev–Trinajstić information content (AvgIpc) is 2.47. The third-order valence-corrected chi connectivity index (χ3v) is 9.39. The van der Waals surface area contributed by atoms with Crippen molar-refractivity contribution >= 4 is 23.1 Å². The average molecular weight is 365 g/mol. The summed E-state index contributed by atoms with van der Waals surface area (Å²) < 4.78 is 47.0. The first kappa shape index (κ1) is 19.8. The highest BCUT2D eigenvalue weighted by molar-refractivity contribution is 7.99. The van der Waals surface area contributed by atoms with Crippen LogP contribution in [0.3, 0.4) is 0 Å². The van der Waals surface area contributed by atoms with Gasteiger partial charge >= 0.3 is 7.60 Å². The van der Waals surface area contributed by atoms with E-state index in [0.717, 1.165) is 24.3 Å². The van der Waals surface area contributed by atoms with Crippen LogP contribution in [-0.2, 0) is 23.4 Å². The lowest BCUT2D eigenvalue weighted by Gasteiger charge is -2.32. The smallest absolute Gasteiger partial charge is 0.308 e. The van der Waals surface area contributed by atoms with Crippen LogP contribution in [0.4, 0.5) is 5.69 Å². The van der Waals surface area contributed by atoms with E-state index in [4.69, 9.17) is 9.05 Å². The maximum atomic E-state index is 12.9. The summed E-state index contributed by atoms with van der Waals surface area (Å²) in [6.45, 7) is 5.74. The normalized spacial score (nSPS) is 13.0. The van der Waals surface area contributed by atoms with Crippen LogP contribution in [0.1, 0.15) is 27.7 Å². The SMILES string of the molecule is CCOP(=O)(OCC)C(C)(C)S(=O)(=O)c1ccc([N+](=O)[O-])cc1. The van der Waals surface area contributed by atoms with Crippen LogP contribution in [0.25, 0.3) is 0 Å². The van der Waals surface area contributed by atoms with E-state index in [0.29, 0.717) is 0 Å². The monoisotopic (exact) mass is 365 g/mol. The molecule has 0 amide bonds. The Kier molecular flexibility index (Phi) is 6.09. The first-order chi connectivity index (χ1) is 10.5. The van der Waals surface area contributed by atoms with Crippen LogP contribution in [0.15, 0.2) is 29.2 Å². The van der Waals surface area contributed by atoms with Gasteiger partial charge in [0.15, 0.2) is 14.3 Å². The standard InChI is InChI=1S/C13H20NO7PS/c1-5-20-22(17,21-6-2)13(3,4)23(18,19)12-9-7-11(8-10-12)14(15)16/h7-10H,5-6H2,1-4H3. The summed E-state index contributed by atoms with van der Waals surface area (Å²) >= 11 is 0. The predicted molar refractivity (Wildman–Crippen MR) is 85.2 cm³/mol. The topological polar surface area (TPSA) is 113 Å². The van der Waals surface area contributed by atoms with E-state index < -0.39 is 26.8 Å². The Hall–Kier alpha value is -1.28. The molecule has 0 aliphatic carbocycles. The van der Waals surface area contributed by atoms with Gasteiger partial charge in [0, 0.05) is 12.1 Å². The molecule has 0 aliphatic rings. The molecule has 10 heteroatoms. The maximum absolute atomic E-state index is 12.9. The van der Waals surface area contributed by atoms with Crippen molar-refractivity contribution in [2.75, 3.05) is 13.2 Å². The van der Waals surface area contributed by atoms with Crippen molar-refractivity contribution in [3.05, 3.63) is 34.4 Å². The zero-order valence-electron chi connectivity index (χ0n) is 13.4. The van der Waals surface area contributed by atoms with Gasteiger partial charge in [-0.25, -0.2) is 8.42 Å². The number of non-ortho nitro benzene ring substituents is 1. The largest absolute Gasteiger partial charge is 0.351 e. The molecular weight excluding hydrogens is 345 g/mol. The molecule has 0 saturated carbocycles. The Morgan fingerprint density at radius 2 is 1.57 bits per heavy atom. The Balaban J connectivity index is 3.38. The molecule has 0 aromatic heterocycles. The molecule has 1 aromatic carbocycles. The predicted octanol–water partition coefficient (Wildman–Crippen LogP) is 3.37. The molecule has 0 N–H and O–H groups in total. The van der Waals surface area contributed by atoms with Crippen LogP contribution in [0, 0.1) is 10.1 Å². The zero-order valence-corrected chi connectivity index (χ0v) is 15.1. The van der Waals surface area contributed by atoms with E-state index >= 15 is 0 Å². The van der Waals surface area contributed by atoms with Crippen molar-refractivity contribution in [2.24, 2.45) is 0 Å². The molecule has 1 rings (SSSR count). The highest BCUT2D eigenvalue weighted by atomic mass is 32.2. The lowest BCUT2D eigenvalue weighted by molar-refractivity contribution is -0.384. The molecule has 0 atom stereocenters. The van der Waals surface area contributed by atoms with E-state index in [1.165, 1.54) is 13.8 Å². The quantitative estimate of drug-likeness (QED) is 0.394. The fourth-order valence-electron chi connectivity index (χ4n) is 1.87. The zero-order chi connectivity index (χ0) is 17.9. The van der Waals surface area contributed by atoms with Gasteiger partial charge in [-0.15, -0.1) is 0 Å².